The van der Waals surface area contributed by atoms with Crippen molar-refractivity contribution in [1.29, 1.82) is 0 Å². The topological polar surface area (TPSA) is 41.5 Å². The average Bonchev–Trinajstić information content (AvgIpc) is 2.29. The third-order valence-electron chi connectivity index (χ3n) is 4.24. The number of aryl methyl sites for hydroxylation is 1. The zero-order valence-electron chi connectivity index (χ0n) is 14.0. The molecule has 0 amide bonds. The van der Waals surface area contributed by atoms with Gasteiger partial charge in [-0.25, -0.2) is 0 Å². The number of hydrogen-bond acceptors (Lipinski definition) is 3. The van der Waals surface area contributed by atoms with Crippen molar-refractivity contribution < 1.29 is 9.84 Å². The molecule has 1 aromatic carbocycles. The Labute approximate surface area is 128 Å². The Hall–Kier alpha value is -1.22. The summed E-state index contributed by atoms with van der Waals surface area (Å²) in [5.74, 6) is 1.86. The minimum Gasteiger partial charge on any atom is -0.508 e. The first-order chi connectivity index (χ1) is 9.67. The maximum Gasteiger partial charge on any atom is 0.119 e. The van der Waals surface area contributed by atoms with Gasteiger partial charge in [-0.15, -0.1) is 0 Å². The number of piperidine rings is 1. The lowest BCUT2D eigenvalue weighted by molar-refractivity contribution is 0.112. The van der Waals surface area contributed by atoms with Gasteiger partial charge >= 0.3 is 0 Å². The molecule has 0 bridgehead atoms. The van der Waals surface area contributed by atoms with Gasteiger partial charge in [-0.05, 0) is 83.6 Å². The van der Waals surface area contributed by atoms with Gasteiger partial charge in [0.2, 0.25) is 0 Å². The molecule has 1 aliphatic rings. The molecule has 0 aliphatic carbocycles. The quantitative estimate of drug-likeness (QED) is 0.880. The minimum atomic E-state index is 0.196. The summed E-state index contributed by atoms with van der Waals surface area (Å²) in [7, 11) is 0. The Kier molecular flexibility index (Phi) is 4.52. The van der Waals surface area contributed by atoms with Crippen LogP contribution in [0.15, 0.2) is 18.2 Å². The van der Waals surface area contributed by atoms with Crippen molar-refractivity contribution in [1.82, 2.24) is 5.32 Å². The van der Waals surface area contributed by atoms with Crippen LogP contribution in [0.25, 0.3) is 0 Å². The van der Waals surface area contributed by atoms with Crippen LogP contribution in [0.3, 0.4) is 0 Å². The fourth-order valence-electron chi connectivity index (χ4n) is 3.80. The highest BCUT2D eigenvalue weighted by molar-refractivity contribution is 5.38. The number of phenolic OH excluding ortho intramolecular Hbond substituents is 1. The SMILES string of the molecule is Cc1cc(OCCC2CC(C)(C)NC(C)(C)C2)ccc1O. The van der Waals surface area contributed by atoms with Crippen molar-refractivity contribution in [3.05, 3.63) is 23.8 Å². The first kappa shape index (κ1) is 16.2. The lowest BCUT2D eigenvalue weighted by Gasteiger charge is -2.46. The maximum atomic E-state index is 9.53. The van der Waals surface area contributed by atoms with E-state index in [1.165, 1.54) is 12.8 Å². The molecule has 3 heteroatoms. The van der Waals surface area contributed by atoms with Crippen LogP contribution in [0.1, 0.15) is 52.5 Å². The standard InChI is InChI=1S/C18H29NO2/c1-13-10-15(6-7-16(13)20)21-9-8-14-11-17(2,3)19-18(4,5)12-14/h6-7,10,14,19-20H,8-9,11-12H2,1-5H3. The molecule has 1 saturated heterocycles. The zero-order valence-corrected chi connectivity index (χ0v) is 14.0. The lowest BCUT2D eigenvalue weighted by atomic mass is 9.75. The molecule has 1 aromatic rings. The molecule has 0 atom stereocenters. The van der Waals surface area contributed by atoms with Crippen LogP contribution >= 0.6 is 0 Å². The summed E-state index contributed by atoms with van der Waals surface area (Å²) in [6.07, 6.45) is 3.46. The van der Waals surface area contributed by atoms with Crippen LogP contribution in [0.4, 0.5) is 0 Å². The molecule has 21 heavy (non-hydrogen) atoms. The van der Waals surface area contributed by atoms with Crippen molar-refractivity contribution in [2.45, 2.75) is 65.0 Å². The van der Waals surface area contributed by atoms with Crippen LogP contribution < -0.4 is 10.1 Å². The number of nitrogens with one attached hydrogen (secondary N) is 1. The van der Waals surface area contributed by atoms with E-state index >= 15 is 0 Å². The molecule has 1 aliphatic heterocycles. The zero-order chi connectivity index (χ0) is 15.7. The monoisotopic (exact) mass is 291 g/mol. The Morgan fingerprint density at radius 2 is 1.81 bits per heavy atom. The van der Waals surface area contributed by atoms with Crippen LogP contribution in [0.2, 0.25) is 0 Å². The van der Waals surface area contributed by atoms with E-state index in [4.69, 9.17) is 4.74 Å². The van der Waals surface area contributed by atoms with Gasteiger partial charge < -0.3 is 15.2 Å². The van der Waals surface area contributed by atoms with Gasteiger partial charge in [0.1, 0.15) is 11.5 Å². The average molecular weight is 291 g/mol. The third-order valence-corrected chi connectivity index (χ3v) is 4.24. The lowest BCUT2D eigenvalue weighted by Crippen LogP contribution is -2.57. The molecule has 2 N–H and O–H groups in total. The van der Waals surface area contributed by atoms with Gasteiger partial charge in [0.25, 0.3) is 0 Å². The smallest absolute Gasteiger partial charge is 0.119 e. The van der Waals surface area contributed by atoms with E-state index in [-0.39, 0.29) is 11.1 Å². The van der Waals surface area contributed by atoms with E-state index in [2.05, 4.69) is 33.0 Å². The first-order valence-electron chi connectivity index (χ1n) is 7.89. The van der Waals surface area contributed by atoms with Crippen LogP contribution in [-0.4, -0.2) is 22.8 Å². The second kappa shape index (κ2) is 5.88. The van der Waals surface area contributed by atoms with E-state index in [1.807, 2.05) is 19.1 Å². The van der Waals surface area contributed by atoms with Crippen molar-refractivity contribution in [2.24, 2.45) is 5.92 Å². The van der Waals surface area contributed by atoms with Crippen molar-refractivity contribution in [3.63, 3.8) is 0 Å². The largest absolute Gasteiger partial charge is 0.508 e. The normalized spacial score (nSPS) is 21.2. The fourth-order valence-corrected chi connectivity index (χ4v) is 3.80. The highest BCUT2D eigenvalue weighted by atomic mass is 16.5. The molecule has 0 radical (unpaired) electrons. The molecule has 3 nitrogen and oxygen atoms in total. The highest BCUT2D eigenvalue weighted by Crippen LogP contribution is 2.34. The summed E-state index contributed by atoms with van der Waals surface area (Å²) < 4.78 is 5.85. The Balaban J connectivity index is 1.86. The number of ether oxygens (including phenoxy) is 1. The molecule has 0 aromatic heterocycles. The molecule has 0 spiro atoms. The molecule has 1 heterocycles. The van der Waals surface area contributed by atoms with Crippen LogP contribution in [0.5, 0.6) is 11.5 Å². The first-order valence-corrected chi connectivity index (χ1v) is 7.89. The summed E-state index contributed by atoms with van der Waals surface area (Å²) in [6.45, 7) is 11.8. The summed E-state index contributed by atoms with van der Waals surface area (Å²) in [5.41, 5.74) is 1.25. The predicted molar refractivity (Wildman–Crippen MR) is 87.0 cm³/mol. The summed E-state index contributed by atoms with van der Waals surface area (Å²) in [6, 6.07) is 5.42. The van der Waals surface area contributed by atoms with E-state index in [0.29, 0.717) is 11.7 Å². The van der Waals surface area contributed by atoms with Crippen molar-refractivity contribution in [3.8, 4) is 11.5 Å². The minimum absolute atomic E-state index is 0.196. The van der Waals surface area contributed by atoms with E-state index in [0.717, 1.165) is 24.3 Å². The molecule has 0 unspecified atom stereocenters. The van der Waals surface area contributed by atoms with Gasteiger partial charge in [0.15, 0.2) is 0 Å². The number of benzene rings is 1. The summed E-state index contributed by atoms with van der Waals surface area (Å²) in [5, 5.41) is 13.2. The maximum absolute atomic E-state index is 9.53. The molecular weight excluding hydrogens is 262 g/mol. The Bertz CT molecular complexity index is 478. The highest BCUT2D eigenvalue weighted by Gasteiger charge is 2.37. The van der Waals surface area contributed by atoms with Gasteiger partial charge in [-0.2, -0.15) is 0 Å². The second-order valence-corrected chi connectivity index (χ2v) is 7.75. The Morgan fingerprint density at radius 1 is 1.19 bits per heavy atom. The molecule has 1 fully saturated rings. The molecule has 118 valence electrons. The van der Waals surface area contributed by atoms with E-state index in [1.54, 1.807) is 6.07 Å². The van der Waals surface area contributed by atoms with Crippen LogP contribution in [0, 0.1) is 12.8 Å². The number of phenols is 1. The number of rotatable bonds is 4. The van der Waals surface area contributed by atoms with Crippen molar-refractivity contribution >= 4 is 0 Å². The molecule has 2 rings (SSSR count). The van der Waals surface area contributed by atoms with E-state index in [9.17, 15) is 5.11 Å². The number of hydrogen-bond donors (Lipinski definition) is 2. The molecular formula is C18H29NO2. The fraction of sp³-hybridized carbons (Fsp3) is 0.667. The van der Waals surface area contributed by atoms with Gasteiger partial charge in [-0.3, -0.25) is 0 Å². The van der Waals surface area contributed by atoms with Gasteiger partial charge in [0, 0.05) is 11.1 Å². The summed E-state index contributed by atoms with van der Waals surface area (Å²) in [4.78, 5) is 0. The van der Waals surface area contributed by atoms with Crippen molar-refractivity contribution in [2.75, 3.05) is 6.61 Å². The molecule has 0 saturated carbocycles. The second-order valence-electron chi connectivity index (χ2n) is 7.75. The number of aromatic hydroxyl groups is 1. The Morgan fingerprint density at radius 3 is 2.38 bits per heavy atom. The predicted octanol–water partition coefficient (Wildman–Crippen LogP) is 4.03. The van der Waals surface area contributed by atoms with Gasteiger partial charge in [-0.1, -0.05) is 0 Å². The summed E-state index contributed by atoms with van der Waals surface area (Å²) >= 11 is 0. The third kappa shape index (κ3) is 4.63. The van der Waals surface area contributed by atoms with Crippen LogP contribution in [-0.2, 0) is 0 Å². The van der Waals surface area contributed by atoms with Gasteiger partial charge in [0.05, 0.1) is 6.61 Å². The van der Waals surface area contributed by atoms with E-state index < -0.39 is 0 Å².